The van der Waals surface area contributed by atoms with Crippen molar-refractivity contribution in [2.75, 3.05) is 59.9 Å². The van der Waals surface area contributed by atoms with Crippen LogP contribution in [0.25, 0.3) is 22.2 Å². The molecule has 300 valence electrons. The summed E-state index contributed by atoms with van der Waals surface area (Å²) in [4.78, 5) is 48.1. The average Bonchev–Trinajstić information content (AvgIpc) is 4.03. The Morgan fingerprint density at radius 3 is 1.88 bits per heavy atom. The van der Waals surface area contributed by atoms with Crippen LogP contribution in [-0.4, -0.2) is 93.7 Å². The first-order chi connectivity index (χ1) is 28.3. The zero-order valence-electron chi connectivity index (χ0n) is 31.7. The van der Waals surface area contributed by atoms with Gasteiger partial charge in [0.15, 0.2) is 41.3 Å². The van der Waals surface area contributed by atoms with E-state index >= 15 is 0 Å². The predicted octanol–water partition coefficient (Wildman–Crippen LogP) is 5.96. The van der Waals surface area contributed by atoms with Crippen molar-refractivity contribution >= 4 is 81.0 Å². The third-order valence-electron chi connectivity index (χ3n) is 10.5. The van der Waals surface area contributed by atoms with Crippen LogP contribution in [0.4, 0.5) is 16.1 Å². The van der Waals surface area contributed by atoms with Gasteiger partial charge in [-0.2, -0.15) is 0 Å². The summed E-state index contributed by atoms with van der Waals surface area (Å²) in [5.74, 6) is 0.181. The summed E-state index contributed by atoms with van der Waals surface area (Å²) < 4.78 is 54.0. The molecule has 7 aromatic rings. The number of pyridine rings is 1. The van der Waals surface area contributed by atoms with Gasteiger partial charge >= 0.3 is 0 Å². The number of piperazine rings is 1. The minimum absolute atomic E-state index is 0.0936. The second-order valence-corrected chi connectivity index (χ2v) is 20.5. The van der Waals surface area contributed by atoms with Crippen molar-refractivity contribution in [3.63, 3.8) is 0 Å². The lowest BCUT2D eigenvalue weighted by Crippen LogP contribution is -2.46. The zero-order chi connectivity index (χ0) is 41.1. The molecule has 0 unspecified atom stereocenters. The fourth-order valence-corrected chi connectivity index (χ4v) is 10.5. The van der Waals surface area contributed by atoms with Gasteiger partial charge in [-0.25, -0.2) is 26.8 Å². The molecular weight excluding hydrogens is 831 g/mol. The van der Waals surface area contributed by atoms with Gasteiger partial charge in [-0.3, -0.25) is 14.6 Å². The smallest absolute Gasteiger partial charge is 0.204 e. The van der Waals surface area contributed by atoms with Crippen LogP contribution in [0.1, 0.15) is 41.6 Å². The molecule has 18 heteroatoms. The minimum atomic E-state index is -3.46. The Balaban J connectivity index is 0.902. The Morgan fingerprint density at radius 2 is 1.27 bits per heavy atom. The molecule has 9 rings (SSSR count). The van der Waals surface area contributed by atoms with Gasteiger partial charge in [0, 0.05) is 80.2 Å². The lowest BCUT2D eigenvalue weighted by atomic mass is 9.95. The van der Waals surface area contributed by atoms with Crippen molar-refractivity contribution in [3.05, 3.63) is 123 Å². The third-order valence-corrected chi connectivity index (χ3v) is 14.8. The van der Waals surface area contributed by atoms with E-state index < -0.39 is 19.7 Å². The van der Waals surface area contributed by atoms with Crippen LogP contribution >= 0.6 is 22.7 Å². The van der Waals surface area contributed by atoms with E-state index in [9.17, 15) is 26.4 Å². The van der Waals surface area contributed by atoms with Gasteiger partial charge in [0.2, 0.25) is 11.6 Å². The van der Waals surface area contributed by atoms with Crippen molar-refractivity contribution in [1.82, 2.24) is 20.1 Å². The molecule has 0 aliphatic carbocycles. The van der Waals surface area contributed by atoms with Crippen LogP contribution in [0, 0.1) is 0 Å². The third kappa shape index (κ3) is 7.64. The molecule has 0 atom stereocenters. The molecule has 0 amide bonds. The number of fused-ring (bicyclic) bond motifs is 2. The Hall–Kier alpha value is -5.82. The zero-order valence-corrected chi connectivity index (χ0v) is 35.0. The number of benzene rings is 3. The number of anilines is 3. The van der Waals surface area contributed by atoms with Crippen LogP contribution < -0.4 is 14.7 Å². The minimum Gasteiger partial charge on any atom is -0.354 e. The first-order valence-electron chi connectivity index (χ1n) is 18.5. The van der Waals surface area contributed by atoms with Crippen molar-refractivity contribution in [2.45, 2.75) is 22.8 Å². The normalized spacial score (nSPS) is 14.8. The Kier molecular flexibility index (Phi) is 9.89. The highest BCUT2D eigenvalue weighted by molar-refractivity contribution is 7.91. The maximum absolute atomic E-state index is 13.4. The van der Waals surface area contributed by atoms with Crippen molar-refractivity contribution < 1.29 is 30.9 Å². The maximum atomic E-state index is 13.4. The van der Waals surface area contributed by atoms with E-state index in [1.165, 1.54) is 52.5 Å². The molecule has 0 N–H and O–H groups in total. The van der Waals surface area contributed by atoms with E-state index in [-0.39, 0.29) is 21.4 Å². The summed E-state index contributed by atoms with van der Waals surface area (Å²) in [6, 6.07) is 20.1. The molecule has 1 fully saturated rings. The second kappa shape index (κ2) is 15.1. The van der Waals surface area contributed by atoms with Gasteiger partial charge in [0.05, 0.1) is 43.0 Å². The van der Waals surface area contributed by atoms with E-state index in [0.717, 1.165) is 47.0 Å². The number of hydrogen-bond donors (Lipinski definition) is 0. The standard InChI is InChI=1S/C41H35N7O7S4/c1-58(51,52)29-7-3-5-27(19-29)37(49)34-22-43-40(56-34)47-17-15-46(16-18-47)39-31-21-26(9-10-33(31)55-45-39)36-32-24-48(14-12-25(32)11-13-42-36)41-44-23-35(57-41)38(50)28-6-4-8-30(20-28)59(2,53)54/h3-11,13,19-23H,12,14-18,24H2,1-2H3. The molecule has 3 aromatic carbocycles. The monoisotopic (exact) mass is 865 g/mol. The largest absolute Gasteiger partial charge is 0.354 e. The lowest BCUT2D eigenvalue weighted by molar-refractivity contribution is 0.103. The van der Waals surface area contributed by atoms with Crippen LogP contribution in [0.5, 0.6) is 0 Å². The van der Waals surface area contributed by atoms with E-state index in [1.807, 2.05) is 24.4 Å². The number of carbonyl (C=O) groups excluding carboxylic acids is 2. The molecule has 0 saturated carbocycles. The predicted molar refractivity (Wildman–Crippen MR) is 227 cm³/mol. The van der Waals surface area contributed by atoms with Crippen molar-refractivity contribution in [1.29, 1.82) is 0 Å². The van der Waals surface area contributed by atoms with Crippen molar-refractivity contribution in [3.8, 4) is 11.3 Å². The van der Waals surface area contributed by atoms with E-state index in [0.29, 0.717) is 76.0 Å². The van der Waals surface area contributed by atoms with Crippen LogP contribution in [0.3, 0.4) is 0 Å². The first-order valence-corrected chi connectivity index (χ1v) is 23.9. The number of hydrogen-bond acceptors (Lipinski definition) is 16. The molecule has 14 nitrogen and oxygen atoms in total. The van der Waals surface area contributed by atoms with Crippen LogP contribution in [-0.2, 0) is 32.6 Å². The van der Waals surface area contributed by atoms with Gasteiger partial charge in [-0.05, 0) is 60.5 Å². The maximum Gasteiger partial charge on any atom is 0.204 e. The Bertz CT molecular complexity index is 3020. The summed E-state index contributed by atoms with van der Waals surface area (Å²) in [7, 11) is -6.91. The van der Waals surface area contributed by atoms with E-state index in [1.54, 1.807) is 36.7 Å². The molecule has 59 heavy (non-hydrogen) atoms. The van der Waals surface area contributed by atoms with Gasteiger partial charge in [-0.15, -0.1) is 0 Å². The van der Waals surface area contributed by atoms with Crippen molar-refractivity contribution in [2.24, 2.45) is 0 Å². The molecule has 0 spiro atoms. The molecular formula is C41H35N7O7S4. The number of sulfone groups is 2. The Labute approximate surface area is 347 Å². The van der Waals surface area contributed by atoms with Gasteiger partial charge in [-0.1, -0.05) is 52.1 Å². The number of ketones is 2. The van der Waals surface area contributed by atoms with E-state index in [4.69, 9.17) is 9.51 Å². The SMILES string of the molecule is CS(=O)(=O)c1cccc(C(=O)c2cnc(N3CCN(c4noc5ccc(-c6nccc7c6CN(c6ncc(C(=O)c8cccc(S(C)(=O)=O)c8)s6)CC7)cc45)CC3)s2)c1. The highest BCUT2D eigenvalue weighted by atomic mass is 32.2. The second-order valence-electron chi connectivity index (χ2n) is 14.4. The summed E-state index contributed by atoms with van der Waals surface area (Å²) in [5, 5.41) is 6.75. The molecule has 4 aromatic heterocycles. The summed E-state index contributed by atoms with van der Waals surface area (Å²) >= 11 is 2.57. The highest BCUT2D eigenvalue weighted by Gasteiger charge is 2.27. The summed E-state index contributed by atoms with van der Waals surface area (Å²) in [6.45, 7) is 3.80. The topological polar surface area (TPSA) is 177 Å². The molecule has 2 aliphatic rings. The summed E-state index contributed by atoms with van der Waals surface area (Å²) in [6.07, 6.45) is 7.93. The van der Waals surface area contributed by atoms with Crippen LogP contribution in [0.2, 0.25) is 0 Å². The number of thiazole rings is 2. The summed E-state index contributed by atoms with van der Waals surface area (Å²) in [5.41, 5.74) is 5.27. The van der Waals surface area contributed by atoms with Gasteiger partial charge < -0.3 is 19.2 Å². The first kappa shape index (κ1) is 38.7. The number of nitrogens with zero attached hydrogens (tertiary/aromatic N) is 7. The van der Waals surface area contributed by atoms with Gasteiger partial charge in [0.1, 0.15) is 0 Å². The number of aromatic nitrogens is 4. The molecule has 6 heterocycles. The molecule has 1 saturated heterocycles. The van der Waals surface area contributed by atoms with Crippen LogP contribution in [0.15, 0.2) is 106 Å². The Morgan fingerprint density at radius 1 is 0.678 bits per heavy atom. The fraction of sp³-hybridized carbons (Fsp3) is 0.220. The van der Waals surface area contributed by atoms with E-state index in [2.05, 4.69) is 35.9 Å². The fourth-order valence-electron chi connectivity index (χ4n) is 7.34. The quantitative estimate of drug-likeness (QED) is 0.147. The van der Waals surface area contributed by atoms with Gasteiger partial charge in [0.25, 0.3) is 0 Å². The molecule has 2 aliphatic heterocycles. The lowest BCUT2D eigenvalue weighted by Gasteiger charge is -2.34. The highest BCUT2D eigenvalue weighted by Crippen LogP contribution is 2.37. The molecule has 0 bridgehead atoms. The average molecular weight is 866 g/mol. The number of carbonyl (C=O) groups is 2. The molecule has 0 radical (unpaired) electrons. The number of rotatable bonds is 10.